The van der Waals surface area contributed by atoms with Gasteiger partial charge in [-0.2, -0.15) is 5.10 Å². The number of rotatable bonds is 5. The lowest BCUT2D eigenvalue weighted by atomic mass is 10.2. The zero-order chi connectivity index (χ0) is 13.8. The highest BCUT2D eigenvalue weighted by Gasteiger charge is 2.04. The van der Waals surface area contributed by atoms with Crippen LogP contribution in [0.5, 0.6) is 11.5 Å². The minimum absolute atomic E-state index is 0.166. The van der Waals surface area contributed by atoms with Crippen LogP contribution in [0.2, 0.25) is 0 Å². The molecule has 1 aromatic heterocycles. The molecule has 5 heteroatoms. The highest BCUT2D eigenvalue weighted by molar-refractivity contribution is 5.41. The van der Waals surface area contributed by atoms with E-state index in [2.05, 4.69) is 10.4 Å². The van der Waals surface area contributed by atoms with Gasteiger partial charge in [0, 0.05) is 31.4 Å². The van der Waals surface area contributed by atoms with Crippen molar-refractivity contribution in [3.63, 3.8) is 0 Å². The van der Waals surface area contributed by atoms with Gasteiger partial charge in [-0.25, -0.2) is 0 Å². The van der Waals surface area contributed by atoms with Crippen LogP contribution in [0.15, 0.2) is 24.4 Å². The molecule has 0 aliphatic rings. The first-order chi connectivity index (χ1) is 9.11. The molecule has 0 amide bonds. The van der Waals surface area contributed by atoms with Crippen molar-refractivity contribution in [2.45, 2.75) is 20.0 Å². The number of benzene rings is 1. The van der Waals surface area contributed by atoms with Gasteiger partial charge in [-0.1, -0.05) is 6.07 Å². The van der Waals surface area contributed by atoms with E-state index >= 15 is 0 Å². The number of hydrogen-bond donors (Lipinski definition) is 2. The number of phenols is 1. The number of hydrogen-bond acceptors (Lipinski definition) is 4. The predicted molar refractivity (Wildman–Crippen MR) is 73.1 cm³/mol. The van der Waals surface area contributed by atoms with Crippen LogP contribution in [-0.4, -0.2) is 22.0 Å². The SMILES string of the molecule is COc1ccc(CNCc2cnn(C)c2C)cc1O. The van der Waals surface area contributed by atoms with Gasteiger partial charge in [0.2, 0.25) is 0 Å². The van der Waals surface area contributed by atoms with Gasteiger partial charge in [0.05, 0.1) is 13.3 Å². The normalized spacial score (nSPS) is 10.7. The first-order valence-electron chi connectivity index (χ1n) is 6.16. The van der Waals surface area contributed by atoms with Gasteiger partial charge >= 0.3 is 0 Å². The van der Waals surface area contributed by atoms with Crippen molar-refractivity contribution in [3.05, 3.63) is 41.2 Å². The lowest BCUT2D eigenvalue weighted by Gasteiger charge is -2.07. The minimum atomic E-state index is 0.166. The Labute approximate surface area is 112 Å². The van der Waals surface area contributed by atoms with E-state index in [1.807, 2.05) is 30.9 Å². The van der Waals surface area contributed by atoms with Crippen molar-refractivity contribution in [1.82, 2.24) is 15.1 Å². The minimum Gasteiger partial charge on any atom is -0.504 e. The van der Waals surface area contributed by atoms with E-state index in [0.29, 0.717) is 12.3 Å². The number of aryl methyl sites for hydroxylation is 1. The van der Waals surface area contributed by atoms with Crippen LogP contribution in [0, 0.1) is 6.92 Å². The molecular weight excluding hydrogens is 242 g/mol. The predicted octanol–water partition coefficient (Wildman–Crippen LogP) is 1.73. The maximum Gasteiger partial charge on any atom is 0.160 e. The van der Waals surface area contributed by atoms with E-state index < -0.39 is 0 Å². The lowest BCUT2D eigenvalue weighted by Crippen LogP contribution is -2.13. The van der Waals surface area contributed by atoms with E-state index in [1.165, 1.54) is 12.7 Å². The summed E-state index contributed by atoms with van der Waals surface area (Å²) in [5, 5.41) is 17.2. The Hall–Kier alpha value is -2.01. The first kappa shape index (κ1) is 13.4. The molecule has 0 aliphatic carbocycles. The molecule has 0 aliphatic heterocycles. The number of nitrogens with zero attached hydrogens (tertiary/aromatic N) is 2. The Balaban J connectivity index is 1.92. The van der Waals surface area contributed by atoms with E-state index in [-0.39, 0.29) is 5.75 Å². The second-order valence-corrected chi connectivity index (χ2v) is 4.49. The van der Waals surface area contributed by atoms with Gasteiger partial charge < -0.3 is 15.2 Å². The van der Waals surface area contributed by atoms with Crippen molar-refractivity contribution in [2.24, 2.45) is 7.05 Å². The molecule has 2 rings (SSSR count). The summed E-state index contributed by atoms with van der Waals surface area (Å²) in [6.07, 6.45) is 1.87. The molecule has 102 valence electrons. The standard InChI is InChI=1S/C14H19N3O2/c1-10-12(9-16-17(10)2)8-15-7-11-4-5-14(19-3)13(18)6-11/h4-6,9,15,18H,7-8H2,1-3H3. The van der Waals surface area contributed by atoms with Crippen LogP contribution in [0.3, 0.4) is 0 Å². The Morgan fingerprint density at radius 3 is 2.74 bits per heavy atom. The number of methoxy groups -OCH3 is 1. The van der Waals surface area contributed by atoms with Gasteiger partial charge in [0.25, 0.3) is 0 Å². The zero-order valence-electron chi connectivity index (χ0n) is 11.5. The summed E-state index contributed by atoms with van der Waals surface area (Å²) in [5.74, 6) is 0.659. The van der Waals surface area contributed by atoms with Crippen LogP contribution in [0.25, 0.3) is 0 Å². The summed E-state index contributed by atoms with van der Waals surface area (Å²) in [4.78, 5) is 0. The molecular formula is C14H19N3O2. The number of nitrogens with one attached hydrogen (secondary N) is 1. The van der Waals surface area contributed by atoms with Crippen molar-refractivity contribution >= 4 is 0 Å². The Morgan fingerprint density at radius 2 is 2.16 bits per heavy atom. The Kier molecular flexibility index (Phi) is 4.06. The number of ether oxygens (including phenoxy) is 1. The van der Waals surface area contributed by atoms with Gasteiger partial charge in [-0.15, -0.1) is 0 Å². The molecule has 5 nitrogen and oxygen atoms in total. The van der Waals surface area contributed by atoms with E-state index in [9.17, 15) is 5.11 Å². The molecule has 0 unspecified atom stereocenters. The maximum absolute atomic E-state index is 9.69. The third-order valence-electron chi connectivity index (χ3n) is 3.22. The summed E-state index contributed by atoms with van der Waals surface area (Å²) in [6, 6.07) is 5.41. The van der Waals surface area contributed by atoms with Crippen LogP contribution in [-0.2, 0) is 20.1 Å². The number of aromatic hydroxyl groups is 1. The van der Waals surface area contributed by atoms with E-state index in [0.717, 1.165) is 17.8 Å². The molecule has 0 saturated heterocycles. The van der Waals surface area contributed by atoms with Crippen molar-refractivity contribution < 1.29 is 9.84 Å². The summed E-state index contributed by atoms with van der Waals surface area (Å²) in [5.41, 5.74) is 3.35. The van der Waals surface area contributed by atoms with Crippen molar-refractivity contribution in [3.8, 4) is 11.5 Å². The molecule has 1 aromatic carbocycles. The lowest BCUT2D eigenvalue weighted by molar-refractivity contribution is 0.373. The maximum atomic E-state index is 9.69. The molecule has 2 aromatic rings. The van der Waals surface area contributed by atoms with Gasteiger partial charge in [0.1, 0.15) is 0 Å². The average Bonchev–Trinajstić information content (AvgIpc) is 2.71. The number of phenolic OH excluding ortho intramolecular Hbond substituents is 1. The van der Waals surface area contributed by atoms with Crippen molar-refractivity contribution in [1.29, 1.82) is 0 Å². The van der Waals surface area contributed by atoms with E-state index in [1.54, 1.807) is 12.1 Å². The average molecular weight is 261 g/mol. The number of aromatic nitrogens is 2. The van der Waals surface area contributed by atoms with E-state index in [4.69, 9.17) is 4.74 Å². The Bertz CT molecular complexity index is 564. The molecule has 0 spiro atoms. The molecule has 1 heterocycles. The molecule has 0 bridgehead atoms. The van der Waals surface area contributed by atoms with Crippen LogP contribution in [0.1, 0.15) is 16.8 Å². The highest BCUT2D eigenvalue weighted by atomic mass is 16.5. The van der Waals surface area contributed by atoms with Crippen LogP contribution < -0.4 is 10.1 Å². The van der Waals surface area contributed by atoms with Gasteiger partial charge in [-0.05, 0) is 24.6 Å². The quantitative estimate of drug-likeness (QED) is 0.860. The fourth-order valence-corrected chi connectivity index (χ4v) is 1.90. The second-order valence-electron chi connectivity index (χ2n) is 4.49. The topological polar surface area (TPSA) is 59.3 Å². The third kappa shape index (κ3) is 3.06. The monoisotopic (exact) mass is 261 g/mol. The third-order valence-corrected chi connectivity index (χ3v) is 3.22. The second kappa shape index (κ2) is 5.75. The van der Waals surface area contributed by atoms with Crippen LogP contribution in [0.4, 0.5) is 0 Å². The van der Waals surface area contributed by atoms with Crippen LogP contribution >= 0.6 is 0 Å². The summed E-state index contributed by atoms with van der Waals surface area (Å²) < 4.78 is 6.87. The molecule has 0 fully saturated rings. The molecule has 0 radical (unpaired) electrons. The zero-order valence-corrected chi connectivity index (χ0v) is 11.5. The molecule has 19 heavy (non-hydrogen) atoms. The fourth-order valence-electron chi connectivity index (χ4n) is 1.90. The van der Waals surface area contributed by atoms with Gasteiger partial charge in [-0.3, -0.25) is 4.68 Å². The summed E-state index contributed by atoms with van der Waals surface area (Å²) in [7, 11) is 3.47. The summed E-state index contributed by atoms with van der Waals surface area (Å²) >= 11 is 0. The smallest absolute Gasteiger partial charge is 0.160 e. The Morgan fingerprint density at radius 1 is 1.37 bits per heavy atom. The first-order valence-corrected chi connectivity index (χ1v) is 6.16. The molecule has 0 atom stereocenters. The summed E-state index contributed by atoms with van der Waals surface area (Å²) in [6.45, 7) is 3.49. The highest BCUT2D eigenvalue weighted by Crippen LogP contribution is 2.26. The molecule has 2 N–H and O–H groups in total. The van der Waals surface area contributed by atoms with Gasteiger partial charge in [0.15, 0.2) is 11.5 Å². The largest absolute Gasteiger partial charge is 0.504 e. The fraction of sp³-hybridized carbons (Fsp3) is 0.357. The molecule has 0 saturated carbocycles. The van der Waals surface area contributed by atoms with Crippen molar-refractivity contribution in [2.75, 3.05) is 7.11 Å².